The summed E-state index contributed by atoms with van der Waals surface area (Å²) in [5.74, 6) is -0.873. The summed E-state index contributed by atoms with van der Waals surface area (Å²) in [7, 11) is 1.24. The molecule has 4 aromatic carbocycles. The SMILES string of the molecule is CCc1cccc(OC(=O)c2ccccc2OC(C)=O)c1.C[N+](=O)OCc1cccc(OC(=O)c2ccccc2O)c1. The van der Waals surface area contributed by atoms with Gasteiger partial charge in [0.05, 0.1) is 4.91 Å². The van der Waals surface area contributed by atoms with Crippen LogP contribution in [0.25, 0.3) is 0 Å². The Morgan fingerprint density at radius 2 is 1.26 bits per heavy atom. The van der Waals surface area contributed by atoms with Gasteiger partial charge in [-0.05, 0) is 60.5 Å². The summed E-state index contributed by atoms with van der Waals surface area (Å²) in [5.41, 5.74) is 2.06. The molecule has 0 saturated carbocycles. The molecule has 1 N–H and O–H groups in total. The molecule has 0 unspecified atom stereocenters. The maximum atomic E-state index is 12.2. The van der Waals surface area contributed by atoms with Gasteiger partial charge < -0.3 is 19.3 Å². The van der Waals surface area contributed by atoms with Crippen LogP contribution in [0.15, 0.2) is 97.1 Å². The van der Waals surface area contributed by atoms with Crippen LogP contribution in [0.1, 0.15) is 45.7 Å². The van der Waals surface area contributed by atoms with Crippen LogP contribution >= 0.6 is 0 Å². The molecule has 0 spiro atoms. The standard InChI is InChI=1S/C17H16O4.C15H13NO5/c1-3-13-7-6-8-14(11-13)21-17(19)15-9-4-5-10-16(15)20-12(2)18;1-16(19)20-10-11-5-4-6-12(9-11)21-15(18)13-7-2-3-8-14(13)17/h4-11H,3H2,1-2H3;2-9H,10H2,1H3/p+1. The maximum Gasteiger partial charge on any atom is 0.347 e. The Kier molecular flexibility index (Phi) is 11.3. The Hall–Kier alpha value is -5.51. The minimum absolute atomic E-state index is 0.0714. The van der Waals surface area contributed by atoms with E-state index in [9.17, 15) is 24.4 Å². The fourth-order valence-electron chi connectivity index (χ4n) is 3.54. The third-order valence-corrected chi connectivity index (χ3v) is 5.52. The zero-order valence-corrected chi connectivity index (χ0v) is 23.3. The van der Waals surface area contributed by atoms with E-state index in [2.05, 4.69) is 0 Å². The van der Waals surface area contributed by atoms with Crippen molar-refractivity contribution in [2.75, 3.05) is 7.05 Å². The maximum absolute atomic E-state index is 12.2. The third kappa shape index (κ3) is 9.60. The molecule has 4 aromatic rings. The van der Waals surface area contributed by atoms with Crippen molar-refractivity contribution >= 4 is 17.9 Å². The minimum Gasteiger partial charge on any atom is -0.507 e. The van der Waals surface area contributed by atoms with Crippen molar-refractivity contribution in [1.82, 2.24) is 0 Å². The smallest absolute Gasteiger partial charge is 0.347 e. The summed E-state index contributed by atoms with van der Waals surface area (Å²) in [6.45, 7) is 3.38. The summed E-state index contributed by atoms with van der Waals surface area (Å²) >= 11 is 0. The van der Waals surface area contributed by atoms with E-state index in [-0.39, 0.29) is 29.2 Å². The van der Waals surface area contributed by atoms with E-state index in [1.807, 2.05) is 25.1 Å². The topological polar surface area (TPSA) is 128 Å². The highest BCUT2D eigenvalue weighted by Gasteiger charge is 2.16. The van der Waals surface area contributed by atoms with Crippen LogP contribution in [0.5, 0.6) is 23.0 Å². The molecule has 42 heavy (non-hydrogen) atoms. The Morgan fingerprint density at radius 3 is 1.86 bits per heavy atom. The number of para-hydroxylation sites is 2. The number of phenols is 1. The largest absolute Gasteiger partial charge is 0.507 e. The van der Waals surface area contributed by atoms with Crippen molar-refractivity contribution in [2.45, 2.75) is 26.9 Å². The molecule has 0 fully saturated rings. The van der Waals surface area contributed by atoms with Crippen LogP contribution in [-0.2, 0) is 22.7 Å². The molecule has 10 heteroatoms. The summed E-state index contributed by atoms with van der Waals surface area (Å²) in [6, 6.07) is 26.5. The number of phenolic OH excluding ortho intramolecular Hbond substituents is 1. The van der Waals surface area contributed by atoms with E-state index in [0.29, 0.717) is 22.0 Å². The molecule has 0 atom stereocenters. The van der Waals surface area contributed by atoms with Crippen molar-refractivity contribution < 1.29 is 43.5 Å². The number of rotatable bonds is 9. The highest BCUT2D eigenvalue weighted by molar-refractivity contribution is 5.95. The minimum atomic E-state index is -0.660. The van der Waals surface area contributed by atoms with Crippen molar-refractivity contribution in [1.29, 1.82) is 0 Å². The molecule has 0 radical (unpaired) electrons. The first-order valence-electron chi connectivity index (χ1n) is 12.9. The van der Waals surface area contributed by atoms with Crippen LogP contribution in [-0.4, -0.2) is 35.0 Å². The lowest BCUT2D eigenvalue weighted by Crippen LogP contribution is -2.12. The lowest BCUT2D eigenvalue weighted by Gasteiger charge is -2.09. The Morgan fingerprint density at radius 1 is 0.714 bits per heavy atom. The first-order valence-corrected chi connectivity index (χ1v) is 12.9. The van der Waals surface area contributed by atoms with Gasteiger partial charge in [0.1, 0.15) is 34.1 Å². The molecule has 0 heterocycles. The van der Waals surface area contributed by atoms with Gasteiger partial charge in [0.15, 0.2) is 6.61 Å². The average Bonchev–Trinajstić information content (AvgIpc) is 2.97. The summed E-state index contributed by atoms with van der Waals surface area (Å²) < 4.78 is 15.5. The first kappa shape index (κ1) is 31.0. The number of ether oxygens (including phenoxy) is 3. The van der Waals surface area contributed by atoms with Crippen LogP contribution in [0, 0.1) is 4.91 Å². The van der Waals surface area contributed by atoms with E-state index < -0.39 is 17.9 Å². The van der Waals surface area contributed by atoms with E-state index in [4.69, 9.17) is 19.0 Å². The Balaban J connectivity index is 0.000000230. The molecule has 0 bridgehead atoms. The van der Waals surface area contributed by atoms with E-state index in [0.717, 1.165) is 12.0 Å². The fourth-order valence-corrected chi connectivity index (χ4v) is 3.54. The van der Waals surface area contributed by atoms with Crippen molar-refractivity contribution in [3.8, 4) is 23.0 Å². The number of benzene rings is 4. The second-order valence-corrected chi connectivity index (χ2v) is 8.75. The number of aromatic hydroxyl groups is 1. The number of esters is 3. The molecule has 0 aliphatic rings. The Bertz CT molecular complexity index is 1570. The number of nitrogens with zero attached hydrogens (tertiary/aromatic N) is 1. The number of hydrogen-bond acceptors (Lipinski definition) is 9. The zero-order valence-electron chi connectivity index (χ0n) is 23.3. The second kappa shape index (κ2) is 15.3. The molecule has 4 rings (SSSR count). The first-order chi connectivity index (χ1) is 20.2. The van der Waals surface area contributed by atoms with Gasteiger partial charge in [-0.25, -0.2) is 14.4 Å². The van der Waals surface area contributed by atoms with Gasteiger partial charge in [0, 0.05) is 12.5 Å². The average molecular weight is 573 g/mol. The van der Waals surface area contributed by atoms with Gasteiger partial charge in [-0.3, -0.25) is 4.79 Å². The van der Waals surface area contributed by atoms with Crippen molar-refractivity contribution in [3.63, 3.8) is 0 Å². The van der Waals surface area contributed by atoms with Crippen molar-refractivity contribution in [2.24, 2.45) is 0 Å². The van der Waals surface area contributed by atoms with Crippen molar-refractivity contribution in [3.05, 3.63) is 124 Å². The number of hydrogen-bond donors (Lipinski definition) is 1. The fraction of sp³-hybridized carbons (Fsp3) is 0.156. The molecular formula is C32H30NO9+. The number of aryl methyl sites for hydroxylation is 1. The number of carbonyl (C=O) groups excluding carboxylic acids is 3. The normalized spacial score (nSPS) is 9.98. The van der Waals surface area contributed by atoms with Gasteiger partial charge in [-0.1, -0.05) is 55.5 Å². The Labute approximate surface area is 242 Å². The quantitative estimate of drug-likeness (QED) is 0.149. The highest BCUT2D eigenvalue weighted by Crippen LogP contribution is 2.22. The van der Waals surface area contributed by atoms with Crippen LogP contribution in [0.2, 0.25) is 0 Å². The van der Waals surface area contributed by atoms with E-state index >= 15 is 0 Å². The predicted octanol–water partition coefficient (Wildman–Crippen LogP) is 5.85. The lowest BCUT2D eigenvalue weighted by molar-refractivity contribution is -0.789. The zero-order chi connectivity index (χ0) is 30.5. The predicted molar refractivity (Wildman–Crippen MR) is 152 cm³/mol. The molecule has 10 nitrogen and oxygen atoms in total. The third-order valence-electron chi connectivity index (χ3n) is 5.52. The highest BCUT2D eigenvalue weighted by atomic mass is 16.8. The van der Waals surface area contributed by atoms with Crippen LogP contribution in [0.4, 0.5) is 0 Å². The van der Waals surface area contributed by atoms with Gasteiger partial charge in [0.25, 0.3) is 0 Å². The molecule has 216 valence electrons. The van der Waals surface area contributed by atoms with Gasteiger partial charge in [-0.15, -0.1) is 0 Å². The number of carbonyl (C=O) groups is 3. The van der Waals surface area contributed by atoms with Gasteiger partial charge in [0.2, 0.25) is 12.0 Å². The summed E-state index contributed by atoms with van der Waals surface area (Å²) in [6.07, 6.45) is 0.857. The van der Waals surface area contributed by atoms with Crippen LogP contribution < -0.4 is 14.2 Å². The molecule has 0 saturated heterocycles. The molecule has 0 aliphatic carbocycles. The second-order valence-electron chi connectivity index (χ2n) is 8.75. The lowest BCUT2D eigenvalue weighted by atomic mass is 10.1. The monoisotopic (exact) mass is 572 g/mol. The summed E-state index contributed by atoms with van der Waals surface area (Å²) in [5, 5.41) is 9.60. The molecule has 0 aliphatic heterocycles. The summed E-state index contributed by atoms with van der Waals surface area (Å²) in [4.78, 5) is 51.0. The van der Waals surface area contributed by atoms with Gasteiger partial charge >= 0.3 is 17.9 Å². The van der Waals surface area contributed by atoms with E-state index in [1.165, 1.54) is 26.1 Å². The molecular weight excluding hydrogens is 542 g/mol. The molecule has 0 aromatic heterocycles. The molecule has 0 amide bonds. The van der Waals surface area contributed by atoms with Crippen LogP contribution in [0.3, 0.4) is 0 Å². The van der Waals surface area contributed by atoms with E-state index in [1.54, 1.807) is 66.7 Å². The van der Waals surface area contributed by atoms with Gasteiger partial charge in [-0.2, -0.15) is 0 Å².